The average molecular weight is 404 g/mol. The van der Waals surface area contributed by atoms with E-state index in [1.54, 1.807) is 31.4 Å². The molecule has 2 fully saturated rings. The highest BCUT2D eigenvalue weighted by Gasteiger charge is 2.32. The molecule has 2 N–H and O–H groups in total. The fourth-order valence-electron chi connectivity index (χ4n) is 3.35. The summed E-state index contributed by atoms with van der Waals surface area (Å²) >= 11 is 0. The third kappa shape index (κ3) is 4.68. The Balaban J connectivity index is 0.00000243. The summed E-state index contributed by atoms with van der Waals surface area (Å²) in [6.45, 7) is 2.49. The second kappa shape index (κ2) is 9.03. The molecule has 9 heteroatoms. The lowest BCUT2D eigenvalue weighted by Crippen LogP contribution is -2.45. The van der Waals surface area contributed by atoms with Crippen LogP contribution >= 0.6 is 12.4 Å². The van der Waals surface area contributed by atoms with Crippen LogP contribution in [0.1, 0.15) is 19.3 Å². The molecule has 0 saturated carbocycles. The molecule has 1 amide bonds. The van der Waals surface area contributed by atoms with Crippen molar-refractivity contribution < 1.29 is 17.9 Å². The molecule has 0 aliphatic carbocycles. The van der Waals surface area contributed by atoms with Crippen LogP contribution < -0.4 is 15.4 Å². The number of nitrogens with one attached hydrogen (secondary N) is 2. The predicted octanol–water partition coefficient (Wildman–Crippen LogP) is 0.996. The summed E-state index contributed by atoms with van der Waals surface area (Å²) < 4.78 is 32.0. The van der Waals surface area contributed by atoms with Gasteiger partial charge in [-0.15, -0.1) is 12.4 Å². The van der Waals surface area contributed by atoms with Crippen molar-refractivity contribution in [2.24, 2.45) is 5.92 Å². The summed E-state index contributed by atoms with van der Waals surface area (Å²) in [6.07, 6.45) is 2.07. The molecule has 1 aromatic carbocycles. The molecule has 1 unspecified atom stereocenters. The van der Waals surface area contributed by atoms with Crippen LogP contribution in [0.25, 0.3) is 0 Å². The van der Waals surface area contributed by atoms with Crippen molar-refractivity contribution in [3.63, 3.8) is 0 Å². The van der Waals surface area contributed by atoms with Gasteiger partial charge in [0.05, 0.1) is 12.0 Å². The van der Waals surface area contributed by atoms with Gasteiger partial charge in [0.25, 0.3) is 0 Å². The van der Waals surface area contributed by atoms with Crippen molar-refractivity contribution in [2.45, 2.75) is 30.2 Å². The number of sulfonamides is 1. The van der Waals surface area contributed by atoms with Crippen LogP contribution in [0.5, 0.6) is 5.75 Å². The zero-order chi connectivity index (χ0) is 17.9. The number of amides is 1. The Kier molecular flexibility index (Phi) is 7.28. The molecule has 26 heavy (non-hydrogen) atoms. The number of ether oxygens (including phenoxy) is 1. The largest absolute Gasteiger partial charge is 0.497 e. The number of hydrogen-bond donors (Lipinski definition) is 2. The molecule has 3 rings (SSSR count). The number of nitrogens with zero attached hydrogens (tertiary/aromatic N) is 1. The van der Waals surface area contributed by atoms with Gasteiger partial charge in [-0.25, -0.2) is 8.42 Å². The highest BCUT2D eigenvalue weighted by molar-refractivity contribution is 7.89. The van der Waals surface area contributed by atoms with Crippen molar-refractivity contribution in [1.29, 1.82) is 0 Å². The fourth-order valence-corrected chi connectivity index (χ4v) is 4.82. The zero-order valence-electron chi connectivity index (χ0n) is 14.8. The topological polar surface area (TPSA) is 87.7 Å². The van der Waals surface area contributed by atoms with E-state index >= 15 is 0 Å². The van der Waals surface area contributed by atoms with Crippen molar-refractivity contribution in [2.75, 3.05) is 33.3 Å². The first-order valence-corrected chi connectivity index (χ1v) is 10.1. The Morgan fingerprint density at radius 3 is 2.38 bits per heavy atom. The van der Waals surface area contributed by atoms with Crippen LogP contribution in [0.3, 0.4) is 0 Å². The number of carbonyl (C=O) groups excluding carboxylic acids is 1. The van der Waals surface area contributed by atoms with Gasteiger partial charge in [0.15, 0.2) is 0 Å². The lowest BCUT2D eigenvalue weighted by Gasteiger charge is -2.31. The highest BCUT2D eigenvalue weighted by Crippen LogP contribution is 2.25. The van der Waals surface area contributed by atoms with Gasteiger partial charge < -0.3 is 15.4 Å². The van der Waals surface area contributed by atoms with Gasteiger partial charge >= 0.3 is 0 Å². The number of hydrogen-bond acceptors (Lipinski definition) is 5. The normalized spacial score (nSPS) is 21.8. The molecule has 2 heterocycles. The summed E-state index contributed by atoms with van der Waals surface area (Å²) in [7, 11) is -1.98. The molecule has 7 nitrogen and oxygen atoms in total. The Labute approximate surface area is 160 Å². The molecule has 0 spiro atoms. The lowest BCUT2D eigenvalue weighted by molar-refractivity contribution is -0.126. The van der Waals surface area contributed by atoms with Crippen LogP contribution in [-0.4, -0.2) is 58.0 Å². The number of methoxy groups -OCH3 is 1. The van der Waals surface area contributed by atoms with Crippen LogP contribution in [-0.2, 0) is 14.8 Å². The molecule has 1 atom stereocenters. The van der Waals surface area contributed by atoms with Gasteiger partial charge in [0, 0.05) is 31.6 Å². The molecule has 2 saturated heterocycles. The monoisotopic (exact) mass is 403 g/mol. The molecule has 0 aromatic heterocycles. The minimum Gasteiger partial charge on any atom is -0.497 e. The minimum atomic E-state index is -3.52. The molecular formula is C17H26ClN3O4S. The lowest BCUT2D eigenvalue weighted by atomic mass is 9.97. The van der Waals surface area contributed by atoms with E-state index in [1.165, 1.54) is 4.31 Å². The van der Waals surface area contributed by atoms with Gasteiger partial charge in [-0.3, -0.25) is 4.79 Å². The molecule has 146 valence electrons. The van der Waals surface area contributed by atoms with Gasteiger partial charge in [-0.2, -0.15) is 4.31 Å². The number of piperidine rings is 1. The van der Waals surface area contributed by atoms with E-state index in [4.69, 9.17) is 4.74 Å². The summed E-state index contributed by atoms with van der Waals surface area (Å²) in [5.41, 5.74) is 0. The van der Waals surface area contributed by atoms with E-state index in [0.717, 1.165) is 19.5 Å². The van der Waals surface area contributed by atoms with Crippen LogP contribution in [0, 0.1) is 5.92 Å². The van der Waals surface area contributed by atoms with Crippen LogP contribution in [0.2, 0.25) is 0 Å². The smallest absolute Gasteiger partial charge is 0.243 e. The van der Waals surface area contributed by atoms with Crippen LogP contribution in [0.15, 0.2) is 29.2 Å². The maximum Gasteiger partial charge on any atom is 0.243 e. The number of halogens is 1. The third-order valence-corrected chi connectivity index (χ3v) is 6.84. The van der Waals surface area contributed by atoms with Crippen molar-refractivity contribution in [1.82, 2.24) is 14.9 Å². The quantitative estimate of drug-likeness (QED) is 0.765. The van der Waals surface area contributed by atoms with E-state index in [1.807, 2.05) is 0 Å². The Morgan fingerprint density at radius 2 is 1.85 bits per heavy atom. The van der Waals surface area contributed by atoms with Crippen molar-refractivity contribution in [3.8, 4) is 5.75 Å². The Bertz CT molecular complexity index is 697. The molecular weight excluding hydrogens is 378 g/mol. The maximum absolute atomic E-state index is 12.7. The standard InChI is InChI=1S/C17H25N3O4S.ClH/c1-24-15-2-4-16(5-3-15)25(22,23)20-10-7-13(8-11-20)17(21)19-14-6-9-18-12-14;/h2-5,13-14,18H,6-12H2,1H3,(H,19,21);1H. The first-order valence-electron chi connectivity index (χ1n) is 8.66. The average Bonchev–Trinajstić information content (AvgIpc) is 3.15. The second-order valence-electron chi connectivity index (χ2n) is 6.55. The van der Waals surface area contributed by atoms with Crippen molar-refractivity contribution >= 4 is 28.3 Å². The minimum absolute atomic E-state index is 0. The second-order valence-corrected chi connectivity index (χ2v) is 8.49. The molecule has 1 aromatic rings. The molecule has 2 aliphatic heterocycles. The number of rotatable bonds is 5. The van der Waals surface area contributed by atoms with E-state index < -0.39 is 10.0 Å². The number of carbonyl (C=O) groups is 1. The van der Waals surface area contributed by atoms with Gasteiger partial charge in [-0.1, -0.05) is 0 Å². The summed E-state index contributed by atoms with van der Waals surface area (Å²) in [5.74, 6) is 0.564. The van der Waals surface area contributed by atoms with Crippen LogP contribution in [0.4, 0.5) is 0 Å². The highest BCUT2D eigenvalue weighted by atomic mass is 35.5. The third-order valence-electron chi connectivity index (χ3n) is 4.93. The fraction of sp³-hybridized carbons (Fsp3) is 0.588. The van der Waals surface area contributed by atoms with Gasteiger partial charge in [0.2, 0.25) is 15.9 Å². The summed E-state index contributed by atoms with van der Waals surface area (Å²) in [4.78, 5) is 12.6. The SMILES string of the molecule is COc1ccc(S(=O)(=O)N2CCC(C(=O)NC3CCNC3)CC2)cc1.Cl. The van der Waals surface area contributed by atoms with E-state index in [2.05, 4.69) is 10.6 Å². The first kappa shape index (κ1) is 21.0. The maximum atomic E-state index is 12.7. The first-order chi connectivity index (χ1) is 12.0. The summed E-state index contributed by atoms with van der Waals surface area (Å²) in [6, 6.07) is 6.60. The zero-order valence-corrected chi connectivity index (χ0v) is 16.4. The molecule has 0 radical (unpaired) electrons. The van der Waals surface area contributed by atoms with Gasteiger partial charge in [-0.05, 0) is 50.1 Å². The Hall–Kier alpha value is -1.35. The molecule has 0 bridgehead atoms. The molecule has 2 aliphatic rings. The summed E-state index contributed by atoms with van der Waals surface area (Å²) in [5, 5.41) is 6.29. The van der Waals surface area contributed by atoms with E-state index in [9.17, 15) is 13.2 Å². The number of benzene rings is 1. The van der Waals surface area contributed by atoms with E-state index in [-0.39, 0.29) is 35.2 Å². The van der Waals surface area contributed by atoms with E-state index in [0.29, 0.717) is 31.7 Å². The predicted molar refractivity (Wildman–Crippen MR) is 101 cm³/mol. The van der Waals surface area contributed by atoms with Gasteiger partial charge in [0.1, 0.15) is 5.75 Å². The Morgan fingerprint density at radius 1 is 1.19 bits per heavy atom. The van der Waals surface area contributed by atoms with Crippen molar-refractivity contribution in [3.05, 3.63) is 24.3 Å².